The van der Waals surface area contributed by atoms with Crippen molar-refractivity contribution in [1.29, 1.82) is 0 Å². The minimum absolute atomic E-state index is 0.199. The smallest absolute Gasteiger partial charge is 0.111 e. The predicted octanol–water partition coefficient (Wildman–Crippen LogP) is 7.36. The number of aromatic nitrogens is 2. The van der Waals surface area contributed by atoms with Gasteiger partial charge in [-0.2, -0.15) is 0 Å². The molecule has 0 fully saturated rings. The maximum absolute atomic E-state index is 2.53. The molecule has 6 rings (SSSR count). The van der Waals surface area contributed by atoms with E-state index in [4.69, 9.17) is 0 Å². The molecule has 29 heavy (non-hydrogen) atoms. The van der Waals surface area contributed by atoms with Gasteiger partial charge in [-0.05, 0) is 30.7 Å². The van der Waals surface area contributed by atoms with Crippen molar-refractivity contribution < 1.29 is 0 Å². The van der Waals surface area contributed by atoms with E-state index in [2.05, 4.69) is 113 Å². The summed E-state index contributed by atoms with van der Waals surface area (Å²) < 4.78 is 5.06. The minimum atomic E-state index is 0.199. The van der Waals surface area contributed by atoms with Crippen molar-refractivity contribution in [2.24, 2.45) is 0 Å². The number of rotatable bonds is 3. The summed E-state index contributed by atoms with van der Waals surface area (Å²) in [6.45, 7) is 2.29. The van der Waals surface area contributed by atoms with Crippen LogP contribution in [0.25, 0.3) is 43.6 Å². The lowest BCUT2D eigenvalue weighted by Crippen LogP contribution is -2.17. The molecule has 0 aliphatic carbocycles. The molecular formula is C27H22N2. The number of benzene rings is 4. The third kappa shape index (κ3) is 2.23. The SMILES string of the molecule is CCC(n1c2ccccc2c2ccccc21)n1c2ccccc2c2ccccc21. The maximum atomic E-state index is 2.53. The van der Waals surface area contributed by atoms with Gasteiger partial charge in [0.05, 0.1) is 22.1 Å². The third-order valence-electron chi connectivity index (χ3n) is 6.20. The van der Waals surface area contributed by atoms with Crippen molar-refractivity contribution in [2.75, 3.05) is 0 Å². The van der Waals surface area contributed by atoms with E-state index >= 15 is 0 Å². The quantitative estimate of drug-likeness (QED) is 0.306. The monoisotopic (exact) mass is 374 g/mol. The molecule has 0 saturated carbocycles. The molecule has 0 atom stereocenters. The van der Waals surface area contributed by atoms with Crippen LogP contribution in [0.5, 0.6) is 0 Å². The van der Waals surface area contributed by atoms with E-state index in [0.29, 0.717) is 0 Å². The van der Waals surface area contributed by atoms with Crippen LogP contribution >= 0.6 is 0 Å². The van der Waals surface area contributed by atoms with Gasteiger partial charge in [-0.15, -0.1) is 0 Å². The summed E-state index contributed by atoms with van der Waals surface area (Å²) in [5.74, 6) is 0. The number of para-hydroxylation sites is 4. The van der Waals surface area contributed by atoms with Gasteiger partial charge >= 0.3 is 0 Å². The van der Waals surface area contributed by atoms with Gasteiger partial charge < -0.3 is 9.13 Å². The van der Waals surface area contributed by atoms with Crippen LogP contribution in [0.3, 0.4) is 0 Å². The Bertz CT molecular complexity index is 1280. The van der Waals surface area contributed by atoms with Crippen LogP contribution in [0.2, 0.25) is 0 Å². The summed E-state index contributed by atoms with van der Waals surface area (Å²) >= 11 is 0. The maximum Gasteiger partial charge on any atom is 0.111 e. The van der Waals surface area contributed by atoms with E-state index in [1.54, 1.807) is 0 Å². The summed E-state index contributed by atoms with van der Waals surface area (Å²) in [5.41, 5.74) is 5.18. The molecule has 0 aliphatic rings. The number of nitrogens with zero attached hydrogens (tertiary/aromatic N) is 2. The molecule has 0 saturated heterocycles. The first-order valence-corrected chi connectivity index (χ1v) is 10.3. The summed E-state index contributed by atoms with van der Waals surface area (Å²) in [6.07, 6.45) is 1.20. The Morgan fingerprint density at radius 2 is 0.759 bits per heavy atom. The minimum Gasteiger partial charge on any atom is -0.319 e. The number of hydrogen-bond donors (Lipinski definition) is 0. The van der Waals surface area contributed by atoms with Crippen LogP contribution in [0.4, 0.5) is 0 Å². The highest BCUT2D eigenvalue weighted by Gasteiger charge is 2.22. The molecule has 0 radical (unpaired) electrons. The first-order valence-electron chi connectivity index (χ1n) is 10.3. The first kappa shape index (κ1) is 16.4. The molecule has 6 aromatic rings. The third-order valence-corrected chi connectivity index (χ3v) is 6.20. The van der Waals surface area contributed by atoms with Crippen molar-refractivity contribution in [2.45, 2.75) is 19.5 Å². The molecule has 140 valence electrons. The average Bonchev–Trinajstić information content (AvgIpc) is 3.29. The first-order chi connectivity index (χ1) is 14.4. The Balaban J connectivity index is 1.77. The lowest BCUT2D eigenvalue weighted by molar-refractivity contribution is 0.464. The molecule has 0 amide bonds. The van der Waals surface area contributed by atoms with Crippen molar-refractivity contribution in [1.82, 2.24) is 9.13 Å². The van der Waals surface area contributed by atoms with Crippen LogP contribution in [-0.2, 0) is 0 Å². The second kappa shape index (κ2) is 6.25. The topological polar surface area (TPSA) is 9.86 Å². The van der Waals surface area contributed by atoms with E-state index in [-0.39, 0.29) is 6.17 Å². The fourth-order valence-electron chi connectivity index (χ4n) is 5.03. The molecular weight excluding hydrogens is 352 g/mol. The van der Waals surface area contributed by atoms with Crippen LogP contribution in [0.15, 0.2) is 97.1 Å². The normalized spacial score (nSPS) is 12.1. The number of fused-ring (bicyclic) bond motifs is 6. The molecule has 0 bridgehead atoms. The Kier molecular flexibility index (Phi) is 3.54. The average molecular weight is 374 g/mol. The van der Waals surface area contributed by atoms with Crippen LogP contribution in [0.1, 0.15) is 19.5 Å². The lowest BCUT2D eigenvalue weighted by atomic mass is 10.2. The van der Waals surface area contributed by atoms with Crippen LogP contribution in [-0.4, -0.2) is 9.13 Å². The predicted molar refractivity (Wildman–Crippen MR) is 124 cm³/mol. The zero-order chi connectivity index (χ0) is 19.4. The number of hydrogen-bond acceptors (Lipinski definition) is 0. The Hall–Kier alpha value is -3.52. The molecule has 4 aromatic carbocycles. The standard InChI is InChI=1S/C27H22N2/c1-2-27(28-23-15-7-3-11-19(23)20-12-4-8-16-24(20)28)29-25-17-9-5-13-21(25)22-14-6-10-18-26(22)29/h3-18,27H,2H2,1H3. The van der Waals surface area contributed by atoms with Crippen LogP contribution < -0.4 is 0 Å². The molecule has 2 heterocycles. The van der Waals surface area contributed by atoms with Crippen molar-refractivity contribution in [3.8, 4) is 0 Å². The van der Waals surface area contributed by atoms with Crippen LogP contribution in [0, 0.1) is 0 Å². The molecule has 2 nitrogen and oxygen atoms in total. The molecule has 0 aliphatic heterocycles. The fraction of sp³-hybridized carbons (Fsp3) is 0.111. The van der Waals surface area contributed by atoms with Crippen molar-refractivity contribution in [3.05, 3.63) is 97.1 Å². The highest BCUT2D eigenvalue weighted by Crippen LogP contribution is 2.38. The van der Waals surface area contributed by atoms with Crippen molar-refractivity contribution in [3.63, 3.8) is 0 Å². The molecule has 2 aromatic heterocycles. The molecule has 0 spiro atoms. The van der Waals surface area contributed by atoms with Gasteiger partial charge in [0.2, 0.25) is 0 Å². The van der Waals surface area contributed by atoms with E-state index in [1.807, 2.05) is 0 Å². The molecule has 2 heteroatoms. The van der Waals surface area contributed by atoms with E-state index in [1.165, 1.54) is 43.6 Å². The molecule has 0 unspecified atom stereocenters. The van der Waals surface area contributed by atoms with Gasteiger partial charge in [-0.1, -0.05) is 79.7 Å². The van der Waals surface area contributed by atoms with E-state index in [9.17, 15) is 0 Å². The zero-order valence-corrected chi connectivity index (χ0v) is 16.4. The fourth-order valence-corrected chi connectivity index (χ4v) is 5.03. The highest BCUT2D eigenvalue weighted by molar-refractivity contribution is 6.09. The zero-order valence-electron chi connectivity index (χ0n) is 16.4. The second-order valence-electron chi connectivity index (χ2n) is 7.70. The van der Waals surface area contributed by atoms with E-state index in [0.717, 1.165) is 6.42 Å². The van der Waals surface area contributed by atoms with Crippen molar-refractivity contribution >= 4 is 43.6 Å². The highest BCUT2D eigenvalue weighted by atomic mass is 15.2. The lowest BCUT2D eigenvalue weighted by Gasteiger charge is -2.24. The van der Waals surface area contributed by atoms with E-state index < -0.39 is 0 Å². The molecule has 0 N–H and O–H groups in total. The summed E-state index contributed by atoms with van der Waals surface area (Å²) in [4.78, 5) is 0. The van der Waals surface area contributed by atoms with Gasteiger partial charge in [0.1, 0.15) is 6.17 Å². The van der Waals surface area contributed by atoms with Gasteiger partial charge in [0.15, 0.2) is 0 Å². The Morgan fingerprint density at radius 3 is 1.03 bits per heavy atom. The van der Waals surface area contributed by atoms with Gasteiger partial charge in [-0.25, -0.2) is 0 Å². The summed E-state index contributed by atoms with van der Waals surface area (Å²) in [5, 5.41) is 5.29. The summed E-state index contributed by atoms with van der Waals surface area (Å²) in [7, 11) is 0. The summed E-state index contributed by atoms with van der Waals surface area (Å²) in [6, 6.07) is 35.1. The van der Waals surface area contributed by atoms with Gasteiger partial charge in [-0.3, -0.25) is 0 Å². The Labute approximate surface area is 169 Å². The van der Waals surface area contributed by atoms with Gasteiger partial charge in [0, 0.05) is 21.5 Å². The largest absolute Gasteiger partial charge is 0.319 e. The second-order valence-corrected chi connectivity index (χ2v) is 7.70. The van der Waals surface area contributed by atoms with Gasteiger partial charge in [0.25, 0.3) is 0 Å². The Morgan fingerprint density at radius 1 is 0.483 bits per heavy atom.